The zero-order valence-electron chi connectivity index (χ0n) is 12.8. The lowest BCUT2D eigenvalue weighted by atomic mass is 10.2. The minimum atomic E-state index is -0.530. The smallest absolute Gasteiger partial charge is 0.250 e. The van der Waals surface area contributed by atoms with Gasteiger partial charge in [0, 0.05) is 17.9 Å². The van der Waals surface area contributed by atoms with Crippen molar-refractivity contribution in [1.82, 2.24) is 0 Å². The Hall–Kier alpha value is -2.79. The van der Waals surface area contributed by atoms with E-state index < -0.39 is 12.5 Å². The number of ether oxygens (including phenoxy) is 1. The van der Waals surface area contributed by atoms with E-state index in [0.717, 1.165) is 17.0 Å². The Balaban J connectivity index is 1.91. The van der Waals surface area contributed by atoms with Crippen LogP contribution >= 0.6 is 0 Å². The van der Waals surface area contributed by atoms with Crippen LogP contribution in [0.2, 0.25) is 0 Å². The maximum Gasteiger partial charge on any atom is 0.250 e. The van der Waals surface area contributed by atoms with Gasteiger partial charge in [0.1, 0.15) is 19.0 Å². The van der Waals surface area contributed by atoms with Crippen LogP contribution in [0.1, 0.15) is 5.56 Å². The topological polar surface area (TPSA) is 70.6 Å². The van der Waals surface area contributed by atoms with Crippen LogP contribution in [0, 0.1) is 0 Å². The SMILES string of the molecule is C=CCOc1ccc(CNc2cccc(NC(=O)CO)c2)cc1. The summed E-state index contributed by atoms with van der Waals surface area (Å²) in [7, 11) is 0. The van der Waals surface area contributed by atoms with E-state index in [0.29, 0.717) is 18.8 Å². The van der Waals surface area contributed by atoms with Gasteiger partial charge in [-0.2, -0.15) is 0 Å². The zero-order valence-corrected chi connectivity index (χ0v) is 12.8. The van der Waals surface area contributed by atoms with Gasteiger partial charge in [-0.05, 0) is 35.9 Å². The Labute approximate surface area is 135 Å². The lowest BCUT2D eigenvalue weighted by Gasteiger charge is -2.10. The molecule has 0 aliphatic rings. The van der Waals surface area contributed by atoms with Gasteiger partial charge in [-0.25, -0.2) is 0 Å². The van der Waals surface area contributed by atoms with Gasteiger partial charge >= 0.3 is 0 Å². The van der Waals surface area contributed by atoms with Crippen LogP contribution in [-0.2, 0) is 11.3 Å². The molecule has 5 nitrogen and oxygen atoms in total. The Morgan fingerprint density at radius 3 is 2.61 bits per heavy atom. The molecule has 0 spiro atoms. The second-order valence-corrected chi connectivity index (χ2v) is 4.88. The summed E-state index contributed by atoms with van der Waals surface area (Å²) >= 11 is 0. The third-order valence-corrected chi connectivity index (χ3v) is 3.08. The van der Waals surface area contributed by atoms with Crippen LogP contribution in [0.5, 0.6) is 5.75 Å². The molecule has 0 bridgehead atoms. The van der Waals surface area contributed by atoms with Crippen LogP contribution in [0.4, 0.5) is 11.4 Å². The number of anilines is 2. The van der Waals surface area contributed by atoms with E-state index in [4.69, 9.17) is 9.84 Å². The molecule has 0 aromatic heterocycles. The first-order chi connectivity index (χ1) is 11.2. The first-order valence-corrected chi connectivity index (χ1v) is 7.28. The minimum absolute atomic E-state index is 0.433. The molecular weight excluding hydrogens is 292 g/mol. The zero-order chi connectivity index (χ0) is 16.5. The standard InChI is InChI=1S/C18H20N2O3/c1-2-10-23-17-8-6-14(7-9-17)12-19-15-4-3-5-16(11-15)20-18(22)13-21/h2-9,11,19,21H,1,10,12-13H2,(H,20,22). The van der Waals surface area contributed by atoms with Gasteiger partial charge < -0.3 is 20.5 Å². The molecule has 120 valence electrons. The summed E-state index contributed by atoms with van der Waals surface area (Å²) in [5, 5.41) is 14.6. The van der Waals surface area contributed by atoms with Crippen molar-refractivity contribution < 1.29 is 14.6 Å². The number of carbonyl (C=O) groups is 1. The highest BCUT2D eigenvalue weighted by Gasteiger charge is 2.01. The summed E-state index contributed by atoms with van der Waals surface area (Å²) in [6.45, 7) is 4.22. The van der Waals surface area contributed by atoms with E-state index >= 15 is 0 Å². The molecule has 1 amide bonds. The fraction of sp³-hybridized carbons (Fsp3) is 0.167. The second kappa shape index (κ2) is 8.60. The van der Waals surface area contributed by atoms with Crippen molar-refractivity contribution in [2.24, 2.45) is 0 Å². The van der Waals surface area contributed by atoms with Crippen molar-refractivity contribution in [3.8, 4) is 5.75 Å². The van der Waals surface area contributed by atoms with Crippen molar-refractivity contribution in [2.45, 2.75) is 6.54 Å². The molecule has 0 saturated heterocycles. The molecule has 2 rings (SSSR count). The number of benzene rings is 2. The van der Waals surface area contributed by atoms with Crippen molar-refractivity contribution in [1.29, 1.82) is 0 Å². The summed E-state index contributed by atoms with van der Waals surface area (Å²) in [5.41, 5.74) is 2.63. The molecule has 0 aliphatic heterocycles. The highest BCUT2D eigenvalue weighted by Crippen LogP contribution is 2.17. The second-order valence-electron chi connectivity index (χ2n) is 4.88. The summed E-state index contributed by atoms with van der Waals surface area (Å²) < 4.78 is 5.44. The van der Waals surface area contributed by atoms with Gasteiger partial charge in [-0.1, -0.05) is 30.9 Å². The number of amides is 1. The number of hydrogen-bond donors (Lipinski definition) is 3. The predicted molar refractivity (Wildman–Crippen MR) is 91.6 cm³/mol. The molecule has 0 fully saturated rings. The Morgan fingerprint density at radius 2 is 1.91 bits per heavy atom. The van der Waals surface area contributed by atoms with Crippen molar-refractivity contribution in [2.75, 3.05) is 23.8 Å². The molecule has 0 radical (unpaired) electrons. The highest BCUT2D eigenvalue weighted by molar-refractivity contribution is 5.91. The molecule has 2 aromatic carbocycles. The molecule has 23 heavy (non-hydrogen) atoms. The van der Waals surface area contributed by atoms with E-state index in [1.165, 1.54) is 0 Å². The first kappa shape index (κ1) is 16.6. The van der Waals surface area contributed by atoms with Gasteiger partial charge in [-0.15, -0.1) is 0 Å². The summed E-state index contributed by atoms with van der Waals surface area (Å²) in [5.74, 6) is 0.375. The number of aliphatic hydroxyl groups excluding tert-OH is 1. The average molecular weight is 312 g/mol. The molecule has 5 heteroatoms. The number of nitrogens with one attached hydrogen (secondary N) is 2. The molecular formula is C18H20N2O3. The van der Waals surface area contributed by atoms with E-state index in [2.05, 4.69) is 17.2 Å². The molecule has 0 atom stereocenters. The third-order valence-electron chi connectivity index (χ3n) is 3.08. The fourth-order valence-electron chi connectivity index (χ4n) is 1.97. The summed E-state index contributed by atoms with van der Waals surface area (Å²) in [6.07, 6.45) is 1.71. The summed E-state index contributed by atoms with van der Waals surface area (Å²) in [6, 6.07) is 15.1. The Bertz CT molecular complexity index is 654. The summed E-state index contributed by atoms with van der Waals surface area (Å²) in [4.78, 5) is 11.2. The van der Waals surface area contributed by atoms with E-state index in [9.17, 15) is 4.79 Å². The first-order valence-electron chi connectivity index (χ1n) is 7.28. The third kappa shape index (κ3) is 5.48. The number of carbonyl (C=O) groups excluding carboxylic acids is 1. The van der Waals surface area contributed by atoms with Crippen LogP contribution < -0.4 is 15.4 Å². The lowest BCUT2D eigenvalue weighted by Crippen LogP contribution is -2.15. The molecule has 2 aromatic rings. The molecule has 3 N–H and O–H groups in total. The van der Waals surface area contributed by atoms with Gasteiger partial charge in [-0.3, -0.25) is 4.79 Å². The number of aliphatic hydroxyl groups is 1. The molecule has 0 heterocycles. The fourth-order valence-corrected chi connectivity index (χ4v) is 1.97. The molecule has 0 aliphatic carbocycles. The number of hydrogen-bond acceptors (Lipinski definition) is 4. The largest absolute Gasteiger partial charge is 0.490 e. The van der Waals surface area contributed by atoms with Crippen molar-refractivity contribution in [3.05, 3.63) is 66.7 Å². The average Bonchev–Trinajstić information content (AvgIpc) is 2.59. The molecule has 0 unspecified atom stereocenters. The monoisotopic (exact) mass is 312 g/mol. The van der Waals surface area contributed by atoms with E-state index in [-0.39, 0.29) is 0 Å². The lowest BCUT2D eigenvalue weighted by molar-refractivity contribution is -0.118. The van der Waals surface area contributed by atoms with Crippen LogP contribution in [0.25, 0.3) is 0 Å². The quantitative estimate of drug-likeness (QED) is 0.656. The van der Waals surface area contributed by atoms with E-state index in [1.54, 1.807) is 12.1 Å². The van der Waals surface area contributed by atoms with Crippen LogP contribution in [0.15, 0.2) is 61.2 Å². The van der Waals surface area contributed by atoms with Gasteiger partial charge in [0.15, 0.2) is 0 Å². The van der Waals surface area contributed by atoms with Gasteiger partial charge in [0.25, 0.3) is 0 Å². The van der Waals surface area contributed by atoms with Gasteiger partial charge in [0.2, 0.25) is 5.91 Å². The number of rotatable bonds is 8. The Kier molecular flexibility index (Phi) is 6.20. The predicted octanol–water partition coefficient (Wildman–Crippen LogP) is 2.79. The van der Waals surface area contributed by atoms with Crippen LogP contribution in [0.3, 0.4) is 0 Å². The normalized spacial score (nSPS) is 9.96. The van der Waals surface area contributed by atoms with E-state index in [1.807, 2.05) is 42.5 Å². The Morgan fingerprint density at radius 1 is 1.17 bits per heavy atom. The van der Waals surface area contributed by atoms with Crippen LogP contribution in [-0.4, -0.2) is 24.2 Å². The maximum absolute atomic E-state index is 11.2. The highest BCUT2D eigenvalue weighted by atomic mass is 16.5. The van der Waals surface area contributed by atoms with Gasteiger partial charge in [0.05, 0.1) is 0 Å². The minimum Gasteiger partial charge on any atom is -0.490 e. The molecule has 0 saturated carbocycles. The van der Waals surface area contributed by atoms with Crippen molar-refractivity contribution >= 4 is 17.3 Å². The maximum atomic E-state index is 11.2. The van der Waals surface area contributed by atoms with Crippen molar-refractivity contribution in [3.63, 3.8) is 0 Å².